The van der Waals surface area contributed by atoms with Crippen molar-refractivity contribution < 1.29 is 9.53 Å². The first-order valence-electron chi connectivity index (χ1n) is 10.5. The molecule has 31 heavy (non-hydrogen) atoms. The van der Waals surface area contributed by atoms with Gasteiger partial charge in [-0.2, -0.15) is 5.26 Å². The smallest absolute Gasteiger partial charge is 0.237 e. The molecular formula is C24H25N5O2. The van der Waals surface area contributed by atoms with Crippen LogP contribution in [0.15, 0.2) is 36.7 Å². The minimum atomic E-state index is -0.0269. The van der Waals surface area contributed by atoms with Crippen molar-refractivity contribution >= 4 is 23.4 Å². The molecule has 4 rings (SSSR count). The highest BCUT2D eigenvalue weighted by molar-refractivity contribution is 6.10. The monoisotopic (exact) mass is 415 g/mol. The Morgan fingerprint density at radius 3 is 2.84 bits per heavy atom. The van der Waals surface area contributed by atoms with Gasteiger partial charge in [-0.1, -0.05) is 0 Å². The molecule has 1 unspecified atom stereocenters. The third kappa shape index (κ3) is 4.15. The number of fused-ring (bicyclic) bond motifs is 1. The van der Waals surface area contributed by atoms with Crippen LogP contribution in [0.1, 0.15) is 49.8 Å². The highest BCUT2D eigenvalue weighted by atomic mass is 16.5. The van der Waals surface area contributed by atoms with Crippen molar-refractivity contribution in [1.29, 1.82) is 10.7 Å². The van der Waals surface area contributed by atoms with Crippen LogP contribution in [0.2, 0.25) is 0 Å². The number of hydrogen-bond acceptors (Lipinski definition) is 6. The molecule has 1 aliphatic heterocycles. The Hall–Kier alpha value is -3.66. The molecule has 1 aliphatic carbocycles. The Morgan fingerprint density at radius 1 is 1.35 bits per heavy atom. The maximum absolute atomic E-state index is 12.4. The van der Waals surface area contributed by atoms with Crippen LogP contribution < -0.4 is 15.0 Å². The Kier molecular flexibility index (Phi) is 5.72. The van der Waals surface area contributed by atoms with Crippen molar-refractivity contribution in [2.24, 2.45) is 0 Å². The van der Waals surface area contributed by atoms with Gasteiger partial charge in [-0.3, -0.25) is 4.79 Å². The van der Waals surface area contributed by atoms with Crippen LogP contribution in [-0.4, -0.2) is 29.2 Å². The van der Waals surface area contributed by atoms with Crippen molar-refractivity contribution in [2.45, 2.75) is 51.6 Å². The van der Waals surface area contributed by atoms with E-state index in [-0.39, 0.29) is 17.8 Å². The number of rotatable bonds is 6. The lowest BCUT2D eigenvalue weighted by Gasteiger charge is -2.36. The lowest BCUT2D eigenvalue weighted by Crippen LogP contribution is -2.40. The molecule has 158 valence electrons. The summed E-state index contributed by atoms with van der Waals surface area (Å²) in [4.78, 5) is 18.4. The number of nitriles is 1. The molecule has 2 aliphatic rings. The first kappa shape index (κ1) is 20.6. The van der Waals surface area contributed by atoms with Gasteiger partial charge in [-0.05, 0) is 56.9 Å². The largest absolute Gasteiger partial charge is 0.437 e. The summed E-state index contributed by atoms with van der Waals surface area (Å²) in [6.45, 7) is 3.60. The van der Waals surface area contributed by atoms with Gasteiger partial charge in [-0.15, -0.1) is 0 Å². The predicted molar refractivity (Wildman–Crippen MR) is 119 cm³/mol. The summed E-state index contributed by atoms with van der Waals surface area (Å²) in [5, 5.41) is 20.8. The first-order chi connectivity index (χ1) is 15.0. The molecule has 1 aromatic heterocycles. The van der Waals surface area contributed by atoms with Crippen molar-refractivity contribution in [3.8, 4) is 17.7 Å². The van der Waals surface area contributed by atoms with Crippen LogP contribution >= 0.6 is 0 Å². The van der Waals surface area contributed by atoms with E-state index in [4.69, 9.17) is 10.1 Å². The van der Waals surface area contributed by atoms with Crippen LogP contribution in [0, 0.1) is 16.7 Å². The van der Waals surface area contributed by atoms with Gasteiger partial charge < -0.3 is 20.4 Å². The summed E-state index contributed by atoms with van der Waals surface area (Å²) in [5.41, 5.74) is 3.43. The summed E-state index contributed by atoms with van der Waals surface area (Å²) in [7, 11) is 0. The molecule has 0 bridgehead atoms. The van der Waals surface area contributed by atoms with Gasteiger partial charge in [0.25, 0.3) is 0 Å². The number of ether oxygens (including phenoxy) is 1. The fourth-order valence-corrected chi connectivity index (χ4v) is 3.94. The van der Waals surface area contributed by atoms with Gasteiger partial charge >= 0.3 is 0 Å². The van der Waals surface area contributed by atoms with E-state index in [1.165, 1.54) is 6.21 Å². The van der Waals surface area contributed by atoms with Gasteiger partial charge in [-0.25, -0.2) is 4.98 Å². The van der Waals surface area contributed by atoms with Crippen molar-refractivity contribution in [2.75, 3.05) is 4.90 Å². The summed E-state index contributed by atoms with van der Waals surface area (Å²) >= 11 is 0. The molecule has 7 nitrogen and oxygen atoms in total. The Bertz CT molecular complexity index is 1100. The SMILES string of the molecule is CC(=O)N1c2ccc(/C(C=N)=C/NC3CC3)c(Oc3ncccc3C#N)c2CCC1C. The zero-order valence-electron chi connectivity index (χ0n) is 17.7. The van der Waals surface area contributed by atoms with Crippen molar-refractivity contribution in [3.05, 3.63) is 53.4 Å². The second-order valence-corrected chi connectivity index (χ2v) is 7.97. The molecule has 2 aromatic rings. The molecule has 2 heterocycles. The van der Waals surface area contributed by atoms with Crippen LogP contribution in [0.5, 0.6) is 11.6 Å². The minimum absolute atomic E-state index is 0.0269. The van der Waals surface area contributed by atoms with E-state index in [0.717, 1.165) is 42.5 Å². The minimum Gasteiger partial charge on any atom is -0.437 e. The number of pyridine rings is 1. The topological polar surface area (TPSA) is 102 Å². The zero-order valence-corrected chi connectivity index (χ0v) is 17.7. The molecule has 2 N–H and O–H groups in total. The lowest BCUT2D eigenvalue weighted by molar-refractivity contribution is -0.117. The number of benzene rings is 1. The van der Waals surface area contributed by atoms with Crippen molar-refractivity contribution in [1.82, 2.24) is 10.3 Å². The number of nitrogens with zero attached hydrogens (tertiary/aromatic N) is 3. The molecule has 7 heteroatoms. The van der Waals surface area contributed by atoms with Crippen LogP contribution in [0.4, 0.5) is 5.69 Å². The number of allylic oxidation sites excluding steroid dienone is 1. The van der Waals surface area contributed by atoms with Gasteiger partial charge in [0.2, 0.25) is 11.8 Å². The molecule has 0 spiro atoms. The molecule has 1 fully saturated rings. The highest BCUT2D eigenvalue weighted by Crippen LogP contribution is 2.43. The van der Waals surface area contributed by atoms with E-state index in [2.05, 4.69) is 16.4 Å². The Balaban J connectivity index is 1.87. The van der Waals surface area contributed by atoms with Crippen LogP contribution in [-0.2, 0) is 11.2 Å². The molecular weight excluding hydrogens is 390 g/mol. The van der Waals surface area contributed by atoms with Crippen LogP contribution in [0.25, 0.3) is 5.57 Å². The summed E-state index contributed by atoms with van der Waals surface area (Å²) in [6.07, 6.45) is 8.49. The van der Waals surface area contributed by atoms with E-state index in [0.29, 0.717) is 22.9 Å². The Labute approximate surface area is 181 Å². The second-order valence-electron chi connectivity index (χ2n) is 7.97. The molecule has 1 saturated carbocycles. The van der Waals surface area contributed by atoms with E-state index in [1.54, 1.807) is 30.2 Å². The lowest BCUT2D eigenvalue weighted by atomic mass is 9.91. The van der Waals surface area contributed by atoms with E-state index >= 15 is 0 Å². The molecule has 1 amide bonds. The maximum Gasteiger partial charge on any atom is 0.237 e. The van der Waals surface area contributed by atoms with Gasteiger partial charge in [0.05, 0.1) is 5.69 Å². The highest BCUT2D eigenvalue weighted by Gasteiger charge is 2.30. The number of nitrogens with one attached hydrogen (secondary N) is 2. The summed E-state index contributed by atoms with van der Waals surface area (Å²) in [6, 6.07) is 9.80. The first-order valence-corrected chi connectivity index (χ1v) is 10.5. The summed E-state index contributed by atoms with van der Waals surface area (Å²) < 4.78 is 6.25. The molecule has 0 saturated heterocycles. The number of amides is 1. The quantitative estimate of drug-likeness (QED) is 0.689. The molecule has 0 radical (unpaired) electrons. The van der Waals surface area contributed by atoms with E-state index in [1.807, 2.05) is 25.3 Å². The maximum atomic E-state index is 12.4. The number of carbonyl (C=O) groups is 1. The number of hydrogen-bond donors (Lipinski definition) is 2. The predicted octanol–water partition coefficient (Wildman–Crippen LogP) is 4.18. The third-order valence-corrected chi connectivity index (χ3v) is 5.70. The number of aromatic nitrogens is 1. The summed E-state index contributed by atoms with van der Waals surface area (Å²) in [5.74, 6) is 0.728. The standard InChI is InChI=1S/C24H25N5O2/c1-15-5-8-21-22(29(15)16(2)30)10-9-20(18(13-26)14-28-19-6-7-19)23(21)31-24-17(12-25)4-3-11-27-24/h3-4,9-11,13-15,19,26,28H,5-8H2,1-2H3/b18-14+,26-13?. The van der Waals surface area contributed by atoms with Gasteiger partial charge in [0.1, 0.15) is 17.4 Å². The third-order valence-electron chi connectivity index (χ3n) is 5.70. The molecule has 1 aromatic carbocycles. The van der Waals surface area contributed by atoms with Crippen LogP contribution in [0.3, 0.4) is 0 Å². The average Bonchev–Trinajstić information content (AvgIpc) is 3.59. The Morgan fingerprint density at radius 2 is 2.16 bits per heavy atom. The fourth-order valence-electron chi connectivity index (χ4n) is 3.94. The average molecular weight is 415 g/mol. The second kappa shape index (κ2) is 8.60. The van der Waals surface area contributed by atoms with Gasteiger partial charge in [0, 0.05) is 54.3 Å². The fraction of sp³-hybridized carbons (Fsp3) is 0.333. The number of anilines is 1. The molecule has 1 atom stereocenters. The van der Waals surface area contributed by atoms with E-state index < -0.39 is 0 Å². The van der Waals surface area contributed by atoms with Crippen molar-refractivity contribution in [3.63, 3.8) is 0 Å². The number of carbonyl (C=O) groups excluding carboxylic acids is 1. The normalized spacial score (nSPS) is 18.0. The van der Waals surface area contributed by atoms with E-state index in [9.17, 15) is 10.1 Å². The zero-order chi connectivity index (χ0) is 22.0. The van der Waals surface area contributed by atoms with Gasteiger partial charge in [0.15, 0.2) is 0 Å².